The lowest BCUT2D eigenvalue weighted by Crippen LogP contribution is -2.54. The maximum absolute atomic E-state index is 14.1. The fourth-order valence-electron chi connectivity index (χ4n) is 3.30. The van der Waals surface area contributed by atoms with E-state index in [9.17, 15) is 23.6 Å². The van der Waals surface area contributed by atoms with Gasteiger partial charge in [0.05, 0.1) is 11.3 Å². The lowest BCUT2D eigenvalue weighted by Gasteiger charge is -2.26. The molecule has 1 aromatic heterocycles. The minimum atomic E-state index is -1.06. The molecule has 8 nitrogen and oxygen atoms in total. The monoisotopic (exact) mass is 434 g/mol. The maximum Gasteiger partial charge on any atom is 0.336 e. The van der Waals surface area contributed by atoms with Crippen LogP contribution in [0.5, 0.6) is 0 Å². The van der Waals surface area contributed by atoms with Gasteiger partial charge in [0, 0.05) is 5.56 Å². The van der Waals surface area contributed by atoms with E-state index in [-0.39, 0.29) is 17.0 Å². The number of nitrogens with zero attached hydrogens (tertiary/aromatic N) is 1. The fraction of sp³-hybridized carbons (Fsp3) is 0.0435. The molecule has 0 bridgehead atoms. The average Bonchev–Trinajstić information content (AvgIpc) is 3.20. The third-order valence-corrected chi connectivity index (χ3v) is 4.85. The number of carbonyl (C=O) groups is 4. The van der Waals surface area contributed by atoms with Gasteiger partial charge in [-0.3, -0.25) is 14.9 Å². The highest BCUT2D eigenvalue weighted by Gasteiger charge is 2.38. The molecule has 0 unspecified atom stereocenters. The van der Waals surface area contributed by atoms with Crippen molar-refractivity contribution in [1.82, 2.24) is 5.32 Å². The molecule has 2 aromatic carbocycles. The fourth-order valence-corrected chi connectivity index (χ4v) is 3.30. The third kappa shape index (κ3) is 3.67. The number of carbonyl (C=O) groups excluding carboxylic acids is 3. The van der Waals surface area contributed by atoms with Crippen LogP contribution in [0.3, 0.4) is 0 Å². The molecule has 0 spiro atoms. The highest BCUT2D eigenvalue weighted by molar-refractivity contribution is 6.39. The van der Waals surface area contributed by atoms with E-state index in [2.05, 4.69) is 0 Å². The molecule has 0 radical (unpaired) electrons. The van der Waals surface area contributed by atoms with E-state index in [0.29, 0.717) is 21.8 Å². The van der Waals surface area contributed by atoms with Crippen LogP contribution in [0.15, 0.2) is 64.6 Å². The van der Waals surface area contributed by atoms with Gasteiger partial charge in [0.2, 0.25) is 0 Å². The van der Waals surface area contributed by atoms with Gasteiger partial charge >= 0.3 is 12.0 Å². The van der Waals surface area contributed by atoms with Gasteiger partial charge in [-0.2, -0.15) is 0 Å². The number of furan rings is 1. The van der Waals surface area contributed by atoms with Gasteiger partial charge < -0.3 is 9.52 Å². The van der Waals surface area contributed by atoms with Crippen molar-refractivity contribution in [3.05, 3.63) is 82.9 Å². The van der Waals surface area contributed by atoms with Crippen molar-refractivity contribution < 1.29 is 33.1 Å². The molecule has 32 heavy (non-hydrogen) atoms. The van der Waals surface area contributed by atoms with E-state index in [4.69, 9.17) is 9.52 Å². The van der Waals surface area contributed by atoms with Gasteiger partial charge in [0.1, 0.15) is 22.9 Å². The number of anilines is 1. The first-order chi connectivity index (χ1) is 15.3. The number of imide groups is 2. The largest absolute Gasteiger partial charge is 0.478 e. The van der Waals surface area contributed by atoms with Gasteiger partial charge in [-0.05, 0) is 55.0 Å². The highest BCUT2D eigenvalue weighted by Crippen LogP contribution is 2.29. The molecule has 2 heterocycles. The summed E-state index contributed by atoms with van der Waals surface area (Å²) in [6.07, 6.45) is 1.16. The Hall–Kier alpha value is -4.53. The van der Waals surface area contributed by atoms with Crippen molar-refractivity contribution in [2.24, 2.45) is 0 Å². The topological polar surface area (TPSA) is 117 Å². The number of carboxylic acids is 1. The van der Waals surface area contributed by atoms with Gasteiger partial charge in [0.25, 0.3) is 11.8 Å². The number of nitrogens with one attached hydrogen (secondary N) is 1. The zero-order valence-electron chi connectivity index (χ0n) is 16.6. The minimum Gasteiger partial charge on any atom is -0.478 e. The third-order valence-electron chi connectivity index (χ3n) is 4.85. The van der Waals surface area contributed by atoms with Crippen LogP contribution in [0.1, 0.15) is 21.7 Å². The second-order valence-electron chi connectivity index (χ2n) is 6.95. The first-order valence-electron chi connectivity index (χ1n) is 9.36. The van der Waals surface area contributed by atoms with Crippen LogP contribution in [0, 0.1) is 12.7 Å². The molecule has 160 valence electrons. The number of rotatable bonds is 4. The highest BCUT2D eigenvalue weighted by atomic mass is 19.1. The van der Waals surface area contributed by atoms with Crippen LogP contribution in [0.2, 0.25) is 0 Å². The molecule has 1 fully saturated rings. The lowest BCUT2D eigenvalue weighted by atomic mass is 10.0. The number of hydrogen-bond donors (Lipinski definition) is 2. The number of hydrogen-bond acceptors (Lipinski definition) is 5. The van der Waals surface area contributed by atoms with Crippen molar-refractivity contribution in [1.29, 1.82) is 0 Å². The molecule has 3 aromatic rings. The Labute approximate surface area is 180 Å². The van der Waals surface area contributed by atoms with Crippen LogP contribution < -0.4 is 10.2 Å². The molecule has 0 atom stereocenters. The van der Waals surface area contributed by atoms with Gasteiger partial charge in [-0.15, -0.1) is 0 Å². The Kier molecular flexibility index (Phi) is 5.15. The summed E-state index contributed by atoms with van der Waals surface area (Å²) >= 11 is 0. The van der Waals surface area contributed by atoms with Crippen LogP contribution >= 0.6 is 0 Å². The predicted octanol–water partition coefficient (Wildman–Crippen LogP) is 3.76. The van der Waals surface area contributed by atoms with E-state index in [1.165, 1.54) is 36.4 Å². The van der Waals surface area contributed by atoms with Crippen molar-refractivity contribution >= 4 is 35.6 Å². The summed E-state index contributed by atoms with van der Waals surface area (Å²) in [4.78, 5) is 49.0. The molecule has 1 aliphatic rings. The Balaban J connectivity index is 1.68. The number of benzene rings is 2. The van der Waals surface area contributed by atoms with E-state index in [0.717, 1.165) is 12.1 Å². The van der Waals surface area contributed by atoms with E-state index >= 15 is 0 Å². The summed E-state index contributed by atoms with van der Waals surface area (Å²) in [5, 5.41) is 11.1. The normalized spacial score (nSPS) is 15.2. The predicted molar refractivity (Wildman–Crippen MR) is 111 cm³/mol. The lowest BCUT2D eigenvalue weighted by molar-refractivity contribution is -0.122. The molecule has 2 N–H and O–H groups in total. The number of aryl methyl sites for hydroxylation is 1. The number of halogens is 1. The molecule has 0 aliphatic carbocycles. The molecule has 4 rings (SSSR count). The summed E-state index contributed by atoms with van der Waals surface area (Å²) in [7, 11) is 0. The number of urea groups is 1. The number of amides is 4. The number of aromatic carboxylic acids is 1. The average molecular weight is 434 g/mol. The summed E-state index contributed by atoms with van der Waals surface area (Å²) in [6, 6.07) is 11.8. The van der Waals surface area contributed by atoms with Crippen molar-refractivity contribution in [2.75, 3.05) is 4.90 Å². The van der Waals surface area contributed by atoms with Crippen molar-refractivity contribution in [3.63, 3.8) is 0 Å². The standard InChI is InChI=1S/C23H15FN2O6/c1-12-10-13(22(29)30)6-8-15(12)19-9-7-14(32-19)11-16-20(27)25-23(31)26(21(16)28)18-5-3-2-4-17(18)24/h2-11H,1H3,(H,29,30)(H,25,27,31)/b16-11+. The first-order valence-corrected chi connectivity index (χ1v) is 9.36. The van der Waals surface area contributed by atoms with Gasteiger partial charge in [-0.25, -0.2) is 18.9 Å². The zero-order chi connectivity index (χ0) is 23.0. The SMILES string of the molecule is Cc1cc(C(=O)O)ccc1-c1ccc(/C=C2\C(=O)NC(=O)N(c3ccccc3F)C2=O)o1. The molecule has 4 amide bonds. The summed E-state index contributed by atoms with van der Waals surface area (Å²) in [5.41, 5.74) is 0.709. The van der Waals surface area contributed by atoms with Crippen LogP contribution in [0.4, 0.5) is 14.9 Å². The summed E-state index contributed by atoms with van der Waals surface area (Å²) in [6.45, 7) is 1.72. The Bertz CT molecular complexity index is 1320. The Morgan fingerprint density at radius 1 is 1.09 bits per heavy atom. The Morgan fingerprint density at radius 2 is 1.84 bits per heavy atom. The number of carboxylic acid groups (broad SMARTS) is 1. The molecular formula is C23H15FN2O6. The van der Waals surface area contributed by atoms with Crippen LogP contribution in [0.25, 0.3) is 17.4 Å². The first kappa shape index (κ1) is 20.7. The van der Waals surface area contributed by atoms with Gasteiger partial charge in [0.15, 0.2) is 0 Å². The van der Waals surface area contributed by atoms with Crippen LogP contribution in [-0.4, -0.2) is 28.9 Å². The van der Waals surface area contributed by atoms with Gasteiger partial charge in [-0.1, -0.05) is 18.2 Å². The quantitative estimate of drug-likeness (QED) is 0.477. The maximum atomic E-state index is 14.1. The van der Waals surface area contributed by atoms with Crippen molar-refractivity contribution in [3.8, 4) is 11.3 Å². The Morgan fingerprint density at radius 3 is 2.53 bits per heavy atom. The zero-order valence-corrected chi connectivity index (χ0v) is 16.6. The summed E-state index contributed by atoms with van der Waals surface area (Å²) in [5.74, 6) is -3.26. The second-order valence-corrected chi connectivity index (χ2v) is 6.95. The smallest absolute Gasteiger partial charge is 0.336 e. The second kappa shape index (κ2) is 7.95. The molecule has 9 heteroatoms. The molecule has 0 saturated carbocycles. The molecular weight excluding hydrogens is 419 g/mol. The van der Waals surface area contributed by atoms with E-state index < -0.39 is 35.2 Å². The minimum absolute atomic E-state index is 0.127. The summed E-state index contributed by atoms with van der Waals surface area (Å²) < 4.78 is 19.9. The molecule has 1 aliphatic heterocycles. The van der Waals surface area contributed by atoms with Crippen LogP contribution in [-0.2, 0) is 9.59 Å². The number of para-hydroxylation sites is 1. The van der Waals surface area contributed by atoms with E-state index in [1.807, 2.05) is 5.32 Å². The molecule has 1 saturated heterocycles. The van der Waals surface area contributed by atoms with E-state index in [1.54, 1.807) is 19.1 Å². The van der Waals surface area contributed by atoms with Crippen molar-refractivity contribution in [2.45, 2.75) is 6.92 Å². The number of barbiturate groups is 1.